The number of rotatable bonds is 80. The second kappa shape index (κ2) is 73.4. The average molecular weight is 1440 g/mol. The molecule has 19 heteroatoms. The molecule has 98 heavy (non-hydrogen) atoms. The van der Waals surface area contributed by atoms with Gasteiger partial charge in [-0.2, -0.15) is 0 Å². The molecule has 0 spiro atoms. The number of unbranched alkanes of at least 4 members (excludes halogenated alkanes) is 54. The Balaban J connectivity index is 5.26. The fourth-order valence-electron chi connectivity index (χ4n) is 12.3. The zero-order valence-electron chi connectivity index (χ0n) is 63.8. The monoisotopic (exact) mass is 1440 g/mol. The van der Waals surface area contributed by atoms with Crippen LogP contribution in [0.1, 0.15) is 426 Å². The number of ether oxygens (including phenoxy) is 4. The highest BCUT2D eigenvalue weighted by molar-refractivity contribution is 7.47. The van der Waals surface area contributed by atoms with Crippen LogP contribution in [0.2, 0.25) is 0 Å². The third kappa shape index (κ3) is 72.4. The molecule has 0 aromatic heterocycles. The van der Waals surface area contributed by atoms with E-state index < -0.39 is 97.5 Å². The van der Waals surface area contributed by atoms with Gasteiger partial charge in [-0.25, -0.2) is 9.13 Å². The van der Waals surface area contributed by atoms with Crippen LogP contribution in [0.15, 0.2) is 0 Å². The Bertz CT molecular complexity index is 1860. The van der Waals surface area contributed by atoms with Gasteiger partial charge in [0, 0.05) is 25.7 Å². The van der Waals surface area contributed by atoms with Crippen LogP contribution in [0.3, 0.4) is 0 Å². The van der Waals surface area contributed by atoms with Gasteiger partial charge in [0.15, 0.2) is 12.2 Å². The molecule has 0 aliphatic carbocycles. The first-order valence-corrected chi connectivity index (χ1v) is 44.3. The maximum absolute atomic E-state index is 13.1. The summed E-state index contributed by atoms with van der Waals surface area (Å²) in [6.07, 6.45) is 64.9. The summed E-state index contributed by atoms with van der Waals surface area (Å²) in [5, 5.41) is 10.6. The summed E-state index contributed by atoms with van der Waals surface area (Å²) >= 11 is 0. The van der Waals surface area contributed by atoms with Crippen molar-refractivity contribution in [1.29, 1.82) is 0 Å². The van der Waals surface area contributed by atoms with Crippen molar-refractivity contribution < 1.29 is 80.2 Å². The lowest BCUT2D eigenvalue weighted by atomic mass is 10.0. The summed E-state index contributed by atoms with van der Waals surface area (Å²) in [7, 11) is -9.92. The van der Waals surface area contributed by atoms with Crippen molar-refractivity contribution in [2.24, 2.45) is 0 Å². The molecule has 0 heterocycles. The molecule has 0 bridgehead atoms. The second-order valence-corrected chi connectivity index (χ2v) is 31.4. The summed E-state index contributed by atoms with van der Waals surface area (Å²) in [6, 6.07) is 0. The maximum atomic E-state index is 13.1. The number of aliphatic hydroxyl groups excluding tert-OH is 1. The molecule has 0 saturated heterocycles. The van der Waals surface area contributed by atoms with Gasteiger partial charge < -0.3 is 33.8 Å². The predicted molar refractivity (Wildman–Crippen MR) is 400 cm³/mol. The van der Waals surface area contributed by atoms with Gasteiger partial charge in [0.2, 0.25) is 0 Å². The minimum absolute atomic E-state index is 0.109. The first-order valence-electron chi connectivity index (χ1n) is 41.3. The predicted octanol–water partition coefficient (Wildman–Crippen LogP) is 23.8. The minimum atomic E-state index is -4.96. The van der Waals surface area contributed by atoms with Crippen molar-refractivity contribution in [2.45, 2.75) is 444 Å². The highest BCUT2D eigenvalue weighted by atomic mass is 31.2. The van der Waals surface area contributed by atoms with Gasteiger partial charge in [0.25, 0.3) is 0 Å². The van der Waals surface area contributed by atoms with E-state index in [2.05, 4.69) is 27.7 Å². The van der Waals surface area contributed by atoms with E-state index in [9.17, 15) is 43.2 Å². The molecule has 0 aromatic carbocycles. The van der Waals surface area contributed by atoms with Crippen LogP contribution >= 0.6 is 15.6 Å². The molecule has 17 nitrogen and oxygen atoms in total. The number of phosphoric acid groups is 2. The van der Waals surface area contributed by atoms with Gasteiger partial charge in [-0.05, 0) is 25.7 Å². The Hall–Kier alpha value is -1.94. The molecule has 0 fully saturated rings. The summed E-state index contributed by atoms with van der Waals surface area (Å²) in [5.74, 6) is -2.10. The van der Waals surface area contributed by atoms with Crippen molar-refractivity contribution >= 4 is 39.5 Å². The molecule has 0 aliphatic heterocycles. The molecule has 3 N–H and O–H groups in total. The van der Waals surface area contributed by atoms with Gasteiger partial charge in [0.05, 0.1) is 26.4 Å². The molecule has 0 radical (unpaired) electrons. The molecule has 0 aliphatic rings. The number of aliphatic hydroxyl groups is 1. The first kappa shape index (κ1) is 96.1. The maximum Gasteiger partial charge on any atom is 0.472 e. The topological polar surface area (TPSA) is 237 Å². The largest absolute Gasteiger partial charge is 0.472 e. The SMILES string of the molecule is CCCCCCCCCCCCCCCCCC(=O)OC[C@H](COP(=O)(O)OC[C@@H](O)COP(=O)(O)OC[C@@H](COC(=O)CCCCCCCCCCCCCCC)OC(=O)CCCCCCCCCCCCCCCCC)OC(=O)CCCCCCCCCCCCCCCCC. The molecular weight excluding hydrogens is 1280 g/mol. The van der Waals surface area contributed by atoms with Crippen LogP contribution in [-0.2, 0) is 65.4 Å². The van der Waals surface area contributed by atoms with Gasteiger partial charge in [-0.1, -0.05) is 374 Å². The summed E-state index contributed by atoms with van der Waals surface area (Å²) in [4.78, 5) is 73.0. The lowest BCUT2D eigenvalue weighted by molar-refractivity contribution is -0.161. The van der Waals surface area contributed by atoms with Crippen LogP contribution < -0.4 is 0 Å². The quantitative estimate of drug-likeness (QED) is 0.0222. The Labute approximate surface area is 600 Å². The normalized spacial score (nSPS) is 13.8. The molecule has 0 aromatic rings. The lowest BCUT2D eigenvalue weighted by Gasteiger charge is -2.21. The van der Waals surface area contributed by atoms with Crippen LogP contribution in [0.4, 0.5) is 0 Å². The lowest BCUT2D eigenvalue weighted by Crippen LogP contribution is -2.30. The molecule has 5 atom stereocenters. The van der Waals surface area contributed by atoms with Gasteiger partial charge >= 0.3 is 39.5 Å². The van der Waals surface area contributed by atoms with Gasteiger partial charge in [-0.15, -0.1) is 0 Å². The zero-order valence-corrected chi connectivity index (χ0v) is 65.6. The summed E-state index contributed by atoms with van der Waals surface area (Å²) in [5.41, 5.74) is 0. The third-order valence-electron chi connectivity index (χ3n) is 18.6. The zero-order chi connectivity index (χ0) is 71.8. The van der Waals surface area contributed by atoms with E-state index in [0.29, 0.717) is 25.7 Å². The van der Waals surface area contributed by atoms with Crippen molar-refractivity contribution in [3.63, 3.8) is 0 Å². The Kier molecular flexibility index (Phi) is 71.9. The Morgan fingerprint density at radius 3 is 0.602 bits per heavy atom. The number of hydrogen-bond donors (Lipinski definition) is 3. The van der Waals surface area contributed by atoms with Crippen molar-refractivity contribution in [3.05, 3.63) is 0 Å². The van der Waals surface area contributed by atoms with E-state index in [1.807, 2.05) is 0 Å². The summed E-state index contributed by atoms with van der Waals surface area (Å²) in [6.45, 7) is 5.03. The van der Waals surface area contributed by atoms with E-state index >= 15 is 0 Å². The highest BCUT2D eigenvalue weighted by Crippen LogP contribution is 2.45. The minimum Gasteiger partial charge on any atom is -0.462 e. The molecule has 2 unspecified atom stereocenters. The second-order valence-electron chi connectivity index (χ2n) is 28.5. The van der Waals surface area contributed by atoms with Crippen molar-refractivity contribution in [1.82, 2.24) is 0 Å². The van der Waals surface area contributed by atoms with E-state index in [-0.39, 0.29) is 25.7 Å². The van der Waals surface area contributed by atoms with Crippen LogP contribution in [0.25, 0.3) is 0 Å². The standard InChI is InChI=1S/C79H154O17P2/c1-5-9-13-17-21-25-29-33-36-40-44-48-52-56-60-64-77(82)90-70-75(96-79(84)66-62-58-54-50-46-42-38-35-31-27-23-19-15-11-7-3)72-94-98(87,88)92-68-73(80)67-91-97(85,86)93-71-74(69-89-76(81)63-59-55-51-47-43-39-32-28-24-20-16-12-8-4)95-78(83)65-61-57-53-49-45-41-37-34-30-26-22-18-14-10-6-2/h73-75,80H,5-72H2,1-4H3,(H,85,86)(H,87,88)/t73-,74+,75+/m0/s1. The Morgan fingerprint density at radius 1 is 0.245 bits per heavy atom. The first-order chi connectivity index (χ1) is 47.7. The van der Waals surface area contributed by atoms with Crippen molar-refractivity contribution in [2.75, 3.05) is 39.6 Å². The number of carbonyl (C=O) groups excluding carboxylic acids is 4. The van der Waals surface area contributed by atoms with Gasteiger partial charge in [-0.3, -0.25) is 37.3 Å². The third-order valence-corrected chi connectivity index (χ3v) is 20.5. The smallest absolute Gasteiger partial charge is 0.462 e. The van der Waals surface area contributed by atoms with E-state index in [1.165, 1.54) is 257 Å². The molecule has 0 amide bonds. The molecule has 0 rings (SSSR count). The van der Waals surface area contributed by atoms with Crippen LogP contribution in [-0.4, -0.2) is 96.7 Å². The molecule has 0 saturated carbocycles. The van der Waals surface area contributed by atoms with Crippen molar-refractivity contribution in [3.8, 4) is 0 Å². The number of hydrogen-bond acceptors (Lipinski definition) is 15. The summed E-state index contributed by atoms with van der Waals surface area (Å²) < 4.78 is 68.7. The fourth-order valence-corrected chi connectivity index (χ4v) is 13.9. The highest BCUT2D eigenvalue weighted by Gasteiger charge is 2.30. The molecular formula is C79H154O17P2. The molecule has 582 valence electrons. The number of esters is 4. The number of carbonyl (C=O) groups is 4. The van der Waals surface area contributed by atoms with Gasteiger partial charge in [0.1, 0.15) is 19.3 Å². The fraction of sp³-hybridized carbons (Fsp3) is 0.949. The Morgan fingerprint density at radius 2 is 0.408 bits per heavy atom. The van der Waals surface area contributed by atoms with Crippen LogP contribution in [0.5, 0.6) is 0 Å². The van der Waals surface area contributed by atoms with E-state index in [1.54, 1.807) is 0 Å². The van der Waals surface area contributed by atoms with Crippen LogP contribution in [0, 0.1) is 0 Å². The van der Waals surface area contributed by atoms with E-state index in [4.69, 9.17) is 37.0 Å². The van der Waals surface area contributed by atoms with E-state index in [0.717, 1.165) is 89.9 Å². The average Bonchev–Trinajstić information content (AvgIpc) is 1.04. The number of phosphoric ester groups is 2.